The van der Waals surface area contributed by atoms with Crippen LogP contribution in [0.1, 0.15) is 25.8 Å². The molecule has 4 heteroatoms. The quantitative estimate of drug-likeness (QED) is 0.912. The standard InChI is InChI=1S/C16H24N2O2/c1-12-11-18(13(2)10-17-12)16(19)9-6-14-4-7-15(20-3)8-5-14/h4-5,7-8,12-13,17H,6,9-11H2,1-3H3. The van der Waals surface area contributed by atoms with Crippen molar-refractivity contribution in [3.8, 4) is 5.75 Å². The first-order valence-electron chi connectivity index (χ1n) is 7.26. The van der Waals surface area contributed by atoms with Crippen molar-refractivity contribution >= 4 is 5.91 Å². The van der Waals surface area contributed by atoms with E-state index in [-0.39, 0.29) is 11.9 Å². The van der Waals surface area contributed by atoms with Gasteiger partial charge in [-0.05, 0) is 38.0 Å². The van der Waals surface area contributed by atoms with E-state index in [2.05, 4.69) is 19.2 Å². The Balaban J connectivity index is 1.87. The number of nitrogens with zero attached hydrogens (tertiary/aromatic N) is 1. The molecular formula is C16H24N2O2. The summed E-state index contributed by atoms with van der Waals surface area (Å²) in [5.41, 5.74) is 1.18. The molecule has 0 spiro atoms. The lowest BCUT2D eigenvalue weighted by Gasteiger charge is -2.37. The van der Waals surface area contributed by atoms with Gasteiger partial charge < -0.3 is 15.0 Å². The largest absolute Gasteiger partial charge is 0.497 e. The number of ether oxygens (including phenoxy) is 1. The molecule has 110 valence electrons. The van der Waals surface area contributed by atoms with Gasteiger partial charge in [-0.25, -0.2) is 0 Å². The highest BCUT2D eigenvalue weighted by molar-refractivity contribution is 5.77. The minimum Gasteiger partial charge on any atom is -0.497 e. The maximum absolute atomic E-state index is 12.3. The molecule has 1 aliphatic heterocycles. The van der Waals surface area contributed by atoms with E-state index in [0.717, 1.165) is 25.3 Å². The normalized spacial score (nSPS) is 22.6. The minimum atomic E-state index is 0.252. The lowest BCUT2D eigenvalue weighted by Crippen LogP contribution is -2.56. The monoisotopic (exact) mass is 276 g/mol. The smallest absolute Gasteiger partial charge is 0.223 e. The Bertz CT molecular complexity index is 444. The van der Waals surface area contributed by atoms with Gasteiger partial charge in [0, 0.05) is 31.6 Å². The highest BCUT2D eigenvalue weighted by Gasteiger charge is 2.25. The number of hydrogen-bond donors (Lipinski definition) is 1. The van der Waals surface area contributed by atoms with E-state index in [9.17, 15) is 4.79 Å². The molecule has 0 saturated carbocycles. The number of nitrogens with one attached hydrogen (secondary N) is 1. The first-order valence-corrected chi connectivity index (χ1v) is 7.26. The number of carbonyl (C=O) groups excluding carboxylic acids is 1. The molecule has 0 aromatic heterocycles. The van der Waals surface area contributed by atoms with E-state index >= 15 is 0 Å². The summed E-state index contributed by atoms with van der Waals surface area (Å²) in [6.45, 7) is 5.91. The number of piperazine rings is 1. The summed E-state index contributed by atoms with van der Waals surface area (Å²) in [5.74, 6) is 1.10. The van der Waals surface area contributed by atoms with E-state index in [4.69, 9.17) is 4.74 Å². The summed E-state index contributed by atoms with van der Waals surface area (Å²) < 4.78 is 5.13. The van der Waals surface area contributed by atoms with Crippen LogP contribution in [-0.2, 0) is 11.2 Å². The first kappa shape index (κ1) is 14.9. The van der Waals surface area contributed by atoms with Crippen LogP contribution in [0.3, 0.4) is 0 Å². The highest BCUT2D eigenvalue weighted by atomic mass is 16.5. The molecule has 4 nitrogen and oxygen atoms in total. The number of rotatable bonds is 4. The molecule has 1 aliphatic rings. The van der Waals surface area contributed by atoms with Gasteiger partial charge in [-0.15, -0.1) is 0 Å². The lowest BCUT2D eigenvalue weighted by atomic mass is 10.1. The Labute approximate surface area is 121 Å². The molecule has 1 heterocycles. The molecule has 1 amide bonds. The van der Waals surface area contributed by atoms with Crippen molar-refractivity contribution in [2.24, 2.45) is 0 Å². The summed E-state index contributed by atoms with van der Waals surface area (Å²) >= 11 is 0. The Morgan fingerprint density at radius 1 is 1.35 bits per heavy atom. The number of methoxy groups -OCH3 is 1. The summed E-state index contributed by atoms with van der Waals surface area (Å²) in [6.07, 6.45) is 1.36. The van der Waals surface area contributed by atoms with Crippen LogP contribution in [-0.4, -0.2) is 43.1 Å². The number of amides is 1. The average Bonchev–Trinajstić information content (AvgIpc) is 2.47. The average molecular weight is 276 g/mol. The summed E-state index contributed by atoms with van der Waals surface area (Å²) in [4.78, 5) is 14.3. The predicted octanol–water partition coefficient (Wildman–Crippen LogP) is 1.84. The summed E-state index contributed by atoms with van der Waals surface area (Å²) in [5, 5.41) is 3.40. The Morgan fingerprint density at radius 3 is 2.70 bits per heavy atom. The van der Waals surface area contributed by atoms with Crippen LogP contribution in [0.5, 0.6) is 5.75 Å². The zero-order chi connectivity index (χ0) is 14.5. The Morgan fingerprint density at radius 2 is 2.05 bits per heavy atom. The van der Waals surface area contributed by atoms with Gasteiger partial charge in [-0.3, -0.25) is 4.79 Å². The molecule has 1 N–H and O–H groups in total. The molecule has 2 unspecified atom stereocenters. The fraction of sp³-hybridized carbons (Fsp3) is 0.562. The van der Waals surface area contributed by atoms with E-state index in [1.165, 1.54) is 5.56 Å². The topological polar surface area (TPSA) is 41.6 Å². The van der Waals surface area contributed by atoms with Crippen LogP contribution in [0.15, 0.2) is 24.3 Å². The molecule has 0 aliphatic carbocycles. The van der Waals surface area contributed by atoms with E-state index < -0.39 is 0 Å². The van der Waals surface area contributed by atoms with Crippen LogP contribution in [0, 0.1) is 0 Å². The first-order chi connectivity index (χ1) is 9.60. The van der Waals surface area contributed by atoms with Crippen molar-refractivity contribution in [1.82, 2.24) is 10.2 Å². The predicted molar refractivity (Wildman–Crippen MR) is 80.0 cm³/mol. The number of benzene rings is 1. The van der Waals surface area contributed by atoms with Crippen molar-refractivity contribution < 1.29 is 9.53 Å². The molecule has 1 fully saturated rings. The van der Waals surface area contributed by atoms with Gasteiger partial charge in [0.1, 0.15) is 5.75 Å². The Hall–Kier alpha value is -1.55. The van der Waals surface area contributed by atoms with Gasteiger partial charge in [0.25, 0.3) is 0 Å². The van der Waals surface area contributed by atoms with Crippen LogP contribution < -0.4 is 10.1 Å². The molecule has 1 aromatic carbocycles. The second-order valence-electron chi connectivity index (χ2n) is 5.55. The van der Waals surface area contributed by atoms with E-state index in [1.807, 2.05) is 29.2 Å². The summed E-state index contributed by atoms with van der Waals surface area (Å²) in [6, 6.07) is 8.60. The number of aryl methyl sites for hydroxylation is 1. The fourth-order valence-corrected chi connectivity index (χ4v) is 2.56. The number of hydrogen-bond acceptors (Lipinski definition) is 3. The maximum atomic E-state index is 12.3. The van der Waals surface area contributed by atoms with Crippen molar-refractivity contribution in [3.63, 3.8) is 0 Å². The van der Waals surface area contributed by atoms with Gasteiger partial charge in [0.2, 0.25) is 5.91 Å². The van der Waals surface area contributed by atoms with Crippen molar-refractivity contribution in [2.75, 3.05) is 20.2 Å². The molecule has 0 radical (unpaired) electrons. The molecule has 1 saturated heterocycles. The second-order valence-corrected chi connectivity index (χ2v) is 5.55. The van der Waals surface area contributed by atoms with Gasteiger partial charge in [0.05, 0.1) is 7.11 Å². The third-order valence-corrected chi connectivity index (χ3v) is 3.87. The molecular weight excluding hydrogens is 252 g/mol. The minimum absolute atomic E-state index is 0.252. The second kappa shape index (κ2) is 6.75. The number of carbonyl (C=O) groups is 1. The van der Waals surface area contributed by atoms with E-state index in [1.54, 1.807) is 7.11 Å². The van der Waals surface area contributed by atoms with Crippen molar-refractivity contribution in [3.05, 3.63) is 29.8 Å². The van der Waals surface area contributed by atoms with Gasteiger partial charge in [-0.1, -0.05) is 12.1 Å². The molecule has 1 aromatic rings. The summed E-state index contributed by atoms with van der Waals surface area (Å²) in [7, 11) is 1.66. The molecule has 2 atom stereocenters. The lowest BCUT2D eigenvalue weighted by molar-refractivity contribution is -0.134. The van der Waals surface area contributed by atoms with Gasteiger partial charge >= 0.3 is 0 Å². The molecule has 2 rings (SSSR count). The third kappa shape index (κ3) is 3.73. The van der Waals surface area contributed by atoms with Crippen LogP contribution in [0.4, 0.5) is 0 Å². The van der Waals surface area contributed by atoms with Gasteiger partial charge in [0.15, 0.2) is 0 Å². The zero-order valence-electron chi connectivity index (χ0n) is 12.6. The zero-order valence-corrected chi connectivity index (χ0v) is 12.6. The van der Waals surface area contributed by atoms with Crippen molar-refractivity contribution in [2.45, 2.75) is 38.8 Å². The van der Waals surface area contributed by atoms with Crippen molar-refractivity contribution in [1.29, 1.82) is 0 Å². The fourth-order valence-electron chi connectivity index (χ4n) is 2.56. The van der Waals surface area contributed by atoms with Gasteiger partial charge in [-0.2, -0.15) is 0 Å². The van der Waals surface area contributed by atoms with Crippen LogP contribution in [0.25, 0.3) is 0 Å². The maximum Gasteiger partial charge on any atom is 0.223 e. The molecule has 20 heavy (non-hydrogen) atoms. The van der Waals surface area contributed by atoms with Crippen LogP contribution >= 0.6 is 0 Å². The Kier molecular flexibility index (Phi) is 5.01. The molecule has 0 bridgehead atoms. The SMILES string of the molecule is COc1ccc(CCC(=O)N2CC(C)NCC2C)cc1. The third-order valence-electron chi connectivity index (χ3n) is 3.87. The van der Waals surface area contributed by atoms with E-state index in [0.29, 0.717) is 12.5 Å². The highest BCUT2D eigenvalue weighted by Crippen LogP contribution is 2.14. The van der Waals surface area contributed by atoms with Crippen LogP contribution in [0.2, 0.25) is 0 Å².